The number of hydrogen-bond donors (Lipinski definition) is 3. The number of nitrogen functional groups attached to an aromatic ring is 1. The fraction of sp³-hybridized carbons (Fsp3) is 0.625. The van der Waals surface area contributed by atoms with Gasteiger partial charge in [-0.2, -0.15) is 0 Å². The Morgan fingerprint density at radius 1 is 1.43 bits per heavy atom. The fourth-order valence-corrected chi connectivity index (χ4v) is 2.87. The van der Waals surface area contributed by atoms with Gasteiger partial charge in [0.2, 0.25) is 0 Å². The number of anilines is 1. The molecule has 5 heteroatoms. The summed E-state index contributed by atoms with van der Waals surface area (Å²) in [7, 11) is 0. The van der Waals surface area contributed by atoms with Gasteiger partial charge in [0.15, 0.2) is 0 Å². The molecule has 0 bridgehead atoms. The summed E-state index contributed by atoms with van der Waals surface area (Å²) in [6.07, 6.45) is 4.34. The maximum atomic E-state index is 10.1. The second-order valence-electron chi connectivity index (χ2n) is 6.41. The molecule has 1 aromatic rings. The number of amidine groups is 1. The van der Waals surface area contributed by atoms with Gasteiger partial charge in [0.05, 0.1) is 11.2 Å². The van der Waals surface area contributed by atoms with Crippen LogP contribution in [0, 0.1) is 5.41 Å². The number of rotatable bonds is 5. The van der Waals surface area contributed by atoms with E-state index in [-0.39, 0.29) is 5.84 Å². The smallest absolute Gasteiger partial charge is 0.139 e. The molecule has 116 valence electrons. The standard InChI is InChI=1S/C16H26N4O/c1-4-20(10-16(2,3)21)15-12(14(17)18)9-11-7-5-6-8-13(11)19-15/h9,21H,4-8,10H2,1-3H3,(H3,17,18). The van der Waals surface area contributed by atoms with Gasteiger partial charge in [0, 0.05) is 18.8 Å². The van der Waals surface area contributed by atoms with Crippen LogP contribution in [0.1, 0.15) is 50.4 Å². The molecule has 0 radical (unpaired) electrons. The van der Waals surface area contributed by atoms with E-state index in [0.717, 1.165) is 37.3 Å². The third-order valence-electron chi connectivity index (χ3n) is 3.83. The van der Waals surface area contributed by atoms with E-state index >= 15 is 0 Å². The minimum atomic E-state index is -0.818. The quantitative estimate of drug-likeness (QED) is 0.570. The zero-order chi connectivity index (χ0) is 15.6. The lowest BCUT2D eigenvalue weighted by atomic mass is 9.94. The molecule has 1 aliphatic rings. The lowest BCUT2D eigenvalue weighted by Gasteiger charge is -2.31. The van der Waals surface area contributed by atoms with Crippen molar-refractivity contribution in [2.24, 2.45) is 5.73 Å². The van der Waals surface area contributed by atoms with Crippen LogP contribution >= 0.6 is 0 Å². The average molecular weight is 290 g/mol. The molecule has 0 aromatic carbocycles. The van der Waals surface area contributed by atoms with Gasteiger partial charge in [0.1, 0.15) is 11.7 Å². The van der Waals surface area contributed by atoms with Crippen LogP contribution in [0.5, 0.6) is 0 Å². The van der Waals surface area contributed by atoms with E-state index in [1.54, 1.807) is 13.8 Å². The van der Waals surface area contributed by atoms with Crippen molar-refractivity contribution < 1.29 is 5.11 Å². The largest absolute Gasteiger partial charge is 0.389 e. The highest BCUT2D eigenvalue weighted by Crippen LogP contribution is 2.27. The average Bonchev–Trinajstić information content (AvgIpc) is 2.42. The highest BCUT2D eigenvalue weighted by molar-refractivity contribution is 5.99. The van der Waals surface area contributed by atoms with Gasteiger partial charge in [-0.25, -0.2) is 4.98 Å². The fourth-order valence-electron chi connectivity index (χ4n) is 2.87. The molecule has 0 fully saturated rings. The molecule has 0 unspecified atom stereocenters. The van der Waals surface area contributed by atoms with E-state index in [1.807, 2.05) is 17.9 Å². The number of aliphatic hydroxyl groups is 1. The maximum Gasteiger partial charge on any atom is 0.139 e. The van der Waals surface area contributed by atoms with Crippen molar-refractivity contribution >= 4 is 11.7 Å². The highest BCUT2D eigenvalue weighted by Gasteiger charge is 2.23. The van der Waals surface area contributed by atoms with Crippen LogP contribution in [0.3, 0.4) is 0 Å². The highest BCUT2D eigenvalue weighted by atomic mass is 16.3. The molecule has 0 spiro atoms. The Morgan fingerprint density at radius 3 is 2.67 bits per heavy atom. The van der Waals surface area contributed by atoms with E-state index in [4.69, 9.17) is 16.1 Å². The molecule has 0 saturated carbocycles. The molecular formula is C16H26N4O. The summed E-state index contributed by atoms with van der Waals surface area (Å²) in [6, 6.07) is 2.02. The monoisotopic (exact) mass is 290 g/mol. The zero-order valence-corrected chi connectivity index (χ0v) is 13.2. The lowest BCUT2D eigenvalue weighted by Crippen LogP contribution is -2.40. The van der Waals surface area contributed by atoms with Crippen molar-refractivity contribution in [1.29, 1.82) is 5.41 Å². The summed E-state index contributed by atoms with van der Waals surface area (Å²) in [5, 5.41) is 17.9. The number of likely N-dealkylation sites (N-methyl/N-ethyl adjacent to an activating group) is 1. The summed E-state index contributed by atoms with van der Waals surface area (Å²) < 4.78 is 0. The van der Waals surface area contributed by atoms with E-state index in [0.29, 0.717) is 12.1 Å². The second-order valence-corrected chi connectivity index (χ2v) is 6.41. The predicted molar refractivity (Wildman–Crippen MR) is 86.1 cm³/mol. The Balaban J connectivity index is 2.46. The van der Waals surface area contributed by atoms with Crippen LogP contribution in [0.15, 0.2) is 6.07 Å². The van der Waals surface area contributed by atoms with Crippen LogP contribution in [0.25, 0.3) is 0 Å². The molecule has 1 aliphatic carbocycles. The van der Waals surface area contributed by atoms with Gasteiger partial charge in [0.25, 0.3) is 0 Å². The van der Waals surface area contributed by atoms with Gasteiger partial charge < -0.3 is 15.7 Å². The molecule has 0 atom stereocenters. The topological polar surface area (TPSA) is 86.2 Å². The predicted octanol–water partition coefficient (Wildman–Crippen LogP) is 1.84. The molecule has 4 N–H and O–H groups in total. The zero-order valence-electron chi connectivity index (χ0n) is 13.2. The van der Waals surface area contributed by atoms with Crippen LogP contribution < -0.4 is 10.6 Å². The van der Waals surface area contributed by atoms with E-state index < -0.39 is 5.60 Å². The Kier molecular flexibility index (Phi) is 4.52. The van der Waals surface area contributed by atoms with E-state index in [1.165, 1.54) is 12.0 Å². The van der Waals surface area contributed by atoms with Crippen molar-refractivity contribution in [2.75, 3.05) is 18.0 Å². The molecule has 0 aliphatic heterocycles. The SMILES string of the molecule is CCN(CC(C)(C)O)c1nc2c(cc1C(=N)N)CCCC2. The number of fused-ring (bicyclic) bond motifs is 1. The first-order valence-corrected chi connectivity index (χ1v) is 7.66. The number of nitrogens with one attached hydrogen (secondary N) is 1. The molecular weight excluding hydrogens is 264 g/mol. The number of aryl methyl sites for hydroxylation is 2. The molecule has 5 nitrogen and oxygen atoms in total. The van der Waals surface area contributed by atoms with E-state index in [2.05, 4.69) is 0 Å². The third-order valence-corrected chi connectivity index (χ3v) is 3.83. The van der Waals surface area contributed by atoms with Crippen LogP contribution in [-0.2, 0) is 12.8 Å². The molecule has 21 heavy (non-hydrogen) atoms. The molecule has 2 rings (SSSR count). The number of aromatic nitrogens is 1. The van der Waals surface area contributed by atoms with Crippen LogP contribution in [-0.4, -0.2) is 34.6 Å². The minimum Gasteiger partial charge on any atom is -0.389 e. The molecule has 0 saturated heterocycles. The molecule has 1 heterocycles. The third kappa shape index (κ3) is 3.73. The first kappa shape index (κ1) is 15.8. The maximum absolute atomic E-state index is 10.1. The summed E-state index contributed by atoms with van der Waals surface area (Å²) in [4.78, 5) is 6.79. The van der Waals surface area contributed by atoms with Crippen molar-refractivity contribution in [3.8, 4) is 0 Å². The van der Waals surface area contributed by atoms with Gasteiger partial charge in [-0.15, -0.1) is 0 Å². The Hall–Kier alpha value is -1.62. The van der Waals surface area contributed by atoms with Gasteiger partial charge in [-0.1, -0.05) is 0 Å². The van der Waals surface area contributed by atoms with Crippen molar-refractivity contribution in [2.45, 2.75) is 52.1 Å². The minimum absolute atomic E-state index is 0.0417. The Morgan fingerprint density at radius 2 is 2.10 bits per heavy atom. The number of hydrogen-bond acceptors (Lipinski definition) is 4. The van der Waals surface area contributed by atoms with Crippen molar-refractivity contribution in [3.63, 3.8) is 0 Å². The van der Waals surface area contributed by atoms with Crippen molar-refractivity contribution in [3.05, 3.63) is 22.9 Å². The van der Waals surface area contributed by atoms with Crippen molar-refractivity contribution in [1.82, 2.24) is 4.98 Å². The number of nitrogens with two attached hydrogens (primary N) is 1. The first-order chi connectivity index (χ1) is 9.81. The number of pyridine rings is 1. The first-order valence-electron chi connectivity index (χ1n) is 7.66. The van der Waals surface area contributed by atoms with Gasteiger partial charge >= 0.3 is 0 Å². The Labute approximate surface area is 126 Å². The molecule has 0 amide bonds. The Bertz CT molecular complexity index is 534. The summed E-state index contributed by atoms with van der Waals surface area (Å²) in [5.74, 6) is 0.771. The second kappa shape index (κ2) is 6.02. The van der Waals surface area contributed by atoms with E-state index in [9.17, 15) is 5.11 Å². The van der Waals surface area contributed by atoms with Crippen LogP contribution in [0.2, 0.25) is 0 Å². The summed E-state index contributed by atoms with van der Waals surface area (Å²) in [5.41, 5.74) is 7.96. The van der Waals surface area contributed by atoms with Gasteiger partial charge in [-0.05, 0) is 58.1 Å². The number of nitrogens with zero attached hydrogens (tertiary/aromatic N) is 2. The lowest BCUT2D eigenvalue weighted by molar-refractivity contribution is 0.0874. The van der Waals surface area contributed by atoms with Gasteiger partial charge in [-0.3, -0.25) is 5.41 Å². The van der Waals surface area contributed by atoms with Crippen LogP contribution in [0.4, 0.5) is 5.82 Å². The summed E-state index contributed by atoms with van der Waals surface area (Å²) >= 11 is 0. The normalized spacial score (nSPS) is 14.7. The molecule has 1 aromatic heterocycles. The summed E-state index contributed by atoms with van der Waals surface area (Å²) in [6.45, 7) is 6.77.